The summed E-state index contributed by atoms with van der Waals surface area (Å²) >= 11 is 0. The summed E-state index contributed by atoms with van der Waals surface area (Å²) < 4.78 is 41.8. The molecule has 2 N–H and O–H groups in total. The Balaban J connectivity index is 1.67. The van der Waals surface area contributed by atoms with Crippen molar-refractivity contribution >= 4 is 5.91 Å². The molecule has 2 aliphatic heterocycles. The second-order valence-electron chi connectivity index (χ2n) is 8.27. The van der Waals surface area contributed by atoms with Gasteiger partial charge in [0, 0.05) is 19.6 Å². The summed E-state index contributed by atoms with van der Waals surface area (Å²) in [4.78, 5) is 14.5. The van der Waals surface area contributed by atoms with Gasteiger partial charge in [-0.3, -0.25) is 9.69 Å². The highest BCUT2D eigenvalue weighted by molar-refractivity contribution is 5.84. The van der Waals surface area contributed by atoms with Gasteiger partial charge in [-0.2, -0.15) is 13.2 Å². The summed E-state index contributed by atoms with van der Waals surface area (Å²) in [5.74, 6) is -0.870. The number of carbonyl (C=O) groups excluding carboxylic acids is 1. The van der Waals surface area contributed by atoms with Crippen LogP contribution in [0.4, 0.5) is 13.2 Å². The molecule has 4 nitrogen and oxygen atoms in total. The number of benzene rings is 1. The summed E-state index contributed by atoms with van der Waals surface area (Å²) in [6, 6.07) is 9.41. The van der Waals surface area contributed by atoms with E-state index in [-0.39, 0.29) is 24.9 Å². The molecule has 0 radical (unpaired) electrons. The van der Waals surface area contributed by atoms with E-state index in [0.717, 1.165) is 31.5 Å². The number of amides is 1. The maximum absolute atomic E-state index is 13.9. The van der Waals surface area contributed by atoms with Crippen molar-refractivity contribution in [2.24, 2.45) is 10.8 Å². The number of carbonyl (C=O) groups is 1. The van der Waals surface area contributed by atoms with Crippen LogP contribution in [0.3, 0.4) is 0 Å². The molecule has 0 spiro atoms. The number of piperidine rings is 1. The van der Waals surface area contributed by atoms with Crippen LogP contribution in [-0.2, 0) is 11.3 Å². The Labute approximate surface area is 158 Å². The molecular weight excluding hydrogens is 355 g/mol. The third-order valence-corrected chi connectivity index (χ3v) is 6.06. The zero-order valence-electron chi connectivity index (χ0n) is 15.7. The molecule has 0 saturated carbocycles. The lowest BCUT2D eigenvalue weighted by Crippen LogP contribution is -2.54. The van der Waals surface area contributed by atoms with Crippen LogP contribution in [0.25, 0.3) is 0 Å². The fourth-order valence-corrected chi connectivity index (χ4v) is 4.08. The summed E-state index contributed by atoms with van der Waals surface area (Å²) in [5, 5.41) is 5.90. The van der Waals surface area contributed by atoms with Gasteiger partial charge < -0.3 is 10.6 Å². The van der Waals surface area contributed by atoms with E-state index in [1.165, 1.54) is 0 Å². The molecule has 2 fully saturated rings. The monoisotopic (exact) mass is 383 g/mol. The van der Waals surface area contributed by atoms with Crippen molar-refractivity contribution in [3.8, 4) is 0 Å². The van der Waals surface area contributed by atoms with E-state index in [9.17, 15) is 18.0 Å². The van der Waals surface area contributed by atoms with Gasteiger partial charge in [-0.05, 0) is 49.9 Å². The fourth-order valence-electron chi connectivity index (χ4n) is 4.08. The number of nitrogens with zero attached hydrogens (tertiary/aromatic N) is 1. The van der Waals surface area contributed by atoms with Crippen LogP contribution in [0.2, 0.25) is 0 Å². The lowest BCUT2D eigenvalue weighted by atomic mass is 9.80. The first-order valence-electron chi connectivity index (χ1n) is 9.56. The number of hydrogen-bond acceptors (Lipinski definition) is 3. The largest absolute Gasteiger partial charge is 0.404 e. The topological polar surface area (TPSA) is 44.4 Å². The smallest absolute Gasteiger partial charge is 0.355 e. The van der Waals surface area contributed by atoms with E-state index in [0.29, 0.717) is 13.1 Å². The number of halogens is 3. The molecule has 150 valence electrons. The molecule has 27 heavy (non-hydrogen) atoms. The van der Waals surface area contributed by atoms with Gasteiger partial charge in [0.15, 0.2) is 5.41 Å². The predicted molar refractivity (Wildman–Crippen MR) is 98.0 cm³/mol. The fraction of sp³-hybridized carbons (Fsp3) is 0.650. The molecule has 2 heterocycles. The quantitative estimate of drug-likeness (QED) is 0.822. The van der Waals surface area contributed by atoms with Crippen molar-refractivity contribution in [3.05, 3.63) is 35.9 Å². The molecule has 0 bridgehead atoms. The highest BCUT2D eigenvalue weighted by Gasteiger charge is 2.63. The molecule has 1 aromatic carbocycles. The molecule has 2 aliphatic rings. The van der Waals surface area contributed by atoms with Gasteiger partial charge in [-0.1, -0.05) is 37.3 Å². The Kier molecular flexibility index (Phi) is 5.82. The third kappa shape index (κ3) is 4.46. The van der Waals surface area contributed by atoms with Crippen molar-refractivity contribution in [2.75, 3.05) is 32.7 Å². The van der Waals surface area contributed by atoms with Crippen LogP contribution in [0, 0.1) is 10.8 Å². The summed E-state index contributed by atoms with van der Waals surface area (Å²) in [6.07, 6.45) is -3.04. The average molecular weight is 383 g/mol. The van der Waals surface area contributed by atoms with Crippen LogP contribution in [-0.4, -0.2) is 49.7 Å². The predicted octanol–water partition coefficient (Wildman–Crippen LogP) is 2.95. The lowest BCUT2D eigenvalue weighted by molar-refractivity contribution is -0.218. The molecule has 1 amide bonds. The Morgan fingerprint density at radius 1 is 1.19 bits per heavy atom. The molecule has 1 unspecified atom stereocenters. The molecule has 0 aliphatic carbocycles. The Morgan fingerprint density at radius 2 is 1.85 bits per heavy atom. The maximum atomic E-state index is 13.9. The van der Waals surface area contributed by atoms with Crippen LogP contribution in [0.5, 0.6) is 0 Å². The summed E-state index contributed by atoms with van der Waals surface area (Å²) in [6.45, 7) is 4.41. The maximum Gasteiger partial charge on any atom is 0.404 e. The lowest BCUT2D eigenvalue weighted by Gasteiger charge is -2.36. The molecule has 2 saturated heterocycles. The van der Waals surface area contributed by atoms with Gasteiger partial charge in [-0.15, -0.1) is 0 Å². The minimum absolute atomic E-state index is 0.143. The Hall–Kier alpha value is -1.60. The minimum atomic E-state index is -4.56. The highest BCUT2D eigenvalue weighted by Crippen LogP contribution is 2.46. The highest BCUT2D eigenvalue weighted by atomic mass is 19.4. The second kappa shape index (κ2) is 7.80. The first kappa shape index (κ1) is 20.1. The van der Waals surface area contributed by atoms with E-state index < -0.39 is 17.5 Å². The third-order valence-electron chi connectivity index (χ3n) is 6.06. The van der Waals surface area contributed by atoms with E-state index in [4.69, 9.17) is 0 Å². The SMILES string of the molecule is CC1(CNC(=O)C2(C(F)(F)F)CCN(Cc3ccccc3)C2)CCNCC1. The number of nitrogens with one attached hydrogen (secondary N) is 2. The molecule has 7 heteroatoms. The standard InChI is InChI=1S/C20H28F3N3O/c1-18(7-10-24-11-8-18)14-25-17(27)19(20(21,22)23)9-12-26(15-19)13-16-5-3-2-4-6-16/h2-6,24H,7-15H2,1H3,(H,25,27). The van der Waals surface area contributed by atoms with Gasteiger partial charge in [0.05, 0.1) is 0 Å². The average Bonchev–Trinajstić information content (AvgIpc) is 3.06. The van der Waals surface area contributed by atoms with E-state index in [1.807, 2.05) is 37.3 Å². The molecular formula is C20H28F3N3O. The van der Waals surface area contributed by atoms with E-state index in [2.05, 4.69) is 10.6 Å². The number of hydrogen-bond donors (Lipinski definition) is 2. The van der Waals surface area contributed by atoms with Gasteiger partial charge in [0.25, 0.3) is 0 Å². The molecule has 3 rings (SSSR count). The van der Waals surface area contributed by atoms with E-state index >= 15 is 0 Å². The zero-order chi connectivity index (χ0) is 19.5. The van der Waals surface area contributed by atoms with Gasteiger partial charge in [-0.25, -0.2) is 0 Å². The van der Waals surface area contributed by atoms with Crippen molar-refractivity contribution < 1.29 is 18.0 Å². The van der Waals surface area contributed by atoms with Gasteiger partial charge in [0.2, 0.25) is 5.91 Å². The molecule has 0 aromatic heterocycles. The van der Waals surface area contributed by atoms with Gasteiger partial charge >= 0.3 is 6.18 Å². The van der Waals surface area contributed by atoms with Crippen molar-refractivity contribution in [1.29, 1.82) is 0 Å². The Morgan fingerprint density at radius 3 is 2.48 bits per heavy atom. The van der Waals surface area contributed by atoms with Crippen LogP contribution in [0.15, 0.2) is 30.3 Å². The Bertz CT molecular complexity index is 644. The van der Waals surface area contributed by atoms with Crippen LogP contribution < -0.4 is 10.6 Å². The zero-order valence-corrected chi connectivity index (χ0v) is 15.7. The number of alkyl halides is 3. The molecule has 1 aromatic rings. The normalized spacial score (nSPS) is 26.1. The first-order valence-corrected chi connectivity index (χ1v) is 9.56. The van der Waals surface area contributed by atoms with Crippen LogP contribution >= 0.6 is 0 Å². The summed E-state index contributed by atoms with van der Waals surface area (Å²) in [5.41, 5.74) is -1.50. The second-order valence-corrected chi connectivity index (χ2v) is 8.27. The van der Waals surface area contributed by atoms with Gasteiger partial charge in [0.1, 0.15) is 0 Å². The van der Waals surface area contributed by atoms with Crippen molar-refractivity contribution in [2.45, 2.75) is 38.9 Å². The molecule has 1 atom stereocenters. The van der Waals surface area contributed by atoms with E-state index in [1.54, 1.807) is 4.90 Å². The van der Waals surface area contributed by atoms with Crippen LogP contribution in [0.1, 0.15) is 31.7 Å². The number of likely N-dealkylation sites (tertiary alicyclic amines) is 1. The number of rotatable bonds is 5. The van der Waals surface area contributed by atoms with Crippen molar-refractivity contribution in [3.63, 3.8) is 0 Å². The summed E-state index contributed by atoms with van der Waals surface area (Å²) in [7, 11) is 0. The van der Waals surface area contributed by atoms with Crippen molar-refractivity contribution in [1.82, 2.24) is 15.5 Å². The first-order chi connectivity index (χ1) is 12.7. The minimum Gasteiger partial charge on any atom is -0.355 e.